The van der Waals surface area contributed by atoms with Gasteiger partial charge in [0.05, 0.1) is 11.6 Å². The van der Waals surface area contributed by atoms with Gasteiger partial charge >= 0.3 is 5.97 Å². The van der Waals surface area contributed by atoms with Crippen LogP contribution in [-0.2, 0) is 0 Å². The highest BCUT2D eigenvalue weighted by Gasteiger charge is 2.14. The molecular weight excluding hydrogens is 256 g/mol. The molecule has 0 amide bonds. The van der Waals surface area contributed by atoms with Crippen molar-refractivity contribution < 1.29 is 14.3 Å². The lowest BCUT2D eigenvalue weighted by Gasteiger charge is -2.15. The highest BCUT2D eigenvalue weighted by atomic mass is 16.4. The molecule has 0 spiro atoms. The monoisotopic (exact) mass is 274 g/mol. The van der Waals surface area contributed by atoms with Crippen LogP contribution in [0.4, 0.5) is 11.4 Å². The summed E-state index contributed by atoms with van der Waals surface area (Å²) in [5.41, 5.74) is 7.61. The molecule has 20 heavy (non-hydrogen) atoms. The van der Waals surface area contributed by atoms with E-state index in [0.717, 1.165) is 17.1 Å². The molecule has 1 heterocycles. The van der Waals surface area contributed by atoms with Crippen LogP contribution in [0.1, 0.15) is 40.4 Å². The van der Waals surface area contributed by atoms with Crippen molar-refractivity contribution in [3.8, 4) is 0 Å². The number of anilines is 2. The quantitative estimate of drug-likeness (QED) is 0.744. The molecule has 0 saturated carbocycles. The number of aryl methyl sites for hydroxylation is 2. The van der Waals surface area contributed by atoms with Gasteiger partial charge < -0.3 is 20.6 Å². The van der Waals surface area contributed by atoms with Crippen molar-refractivity contribution in [3.63, 3.8) is 0 Å². The van der Waals surface area contributed by atoms with Crippen LogP contribution in [0, 0.1) is 13.8 Å². The number of hydrogen-bond acceptors (Lipinski definition) is 4. The van der Waals surface area contributed by atoms with Gasteiger partial charge in [0.2, 0.25) is 0 Å². The van der Waals surface area contributed by atoms with E-state index < -0.39 is 5.97 Å². The highest BCUT2D eigenvalue weighted by Crippen LogP contribution is 2.26. The van der Waals surface area contributed by atoms with Crippen LogP contribution < -0.4 is 11.1 Å². The third-order valence-corrected chi connectivity index (χ3v) is 3.19. The van der Waals surface area contributed by atoms with Gasteiger partial charge in [-0.05, 0) is 50.6 Å². The molecule has 4 N–H and O–H groups in total. The van der Waals surface area contributed by atoms with Crippen molar-refractivity contribution in [3.05, 3.63) is 46.9 Å². The van der Waals surface area contributed by atoms with E-state index in [-0.39, 0.29) is 11.6 Å². The third-order valence-electron chi connectivity index (χ3n) is 3.19. The Morgan fingerprint density at radius 1 is 1.35 bits per heavy atom. The van der Waals surface area contributed by atoms with Gasteiger partial charge in [-0.25, -0.2) is 4.79 Å². The Kier molecular flexibility index (Phi) is 3.70. The SMILES string of the molecule is Cc1ccc(C(C)Nc2cc(C)c(N)c(C(=O)O)c2)o1. The molecule has 0 aliphatic heterocycles. The number of carbonyl (C=O) groups is 1. The minimum absolute atomic E-state index is 0.0617. The summed E-state index contributed by atoms with van der Waals surface area (Å²) in [7, 11) is 0. The molecule has 2 rings (SSSR count). The van der Waals surface area contributed by atoms with Crippen LogP contribution in [0.5, 0.6) is 0 Å². The first kappa shape index (κ1) is 14.0. The molecule has 0 bridgehead atoms. The fraction of sp³-hybridized carbons (Fsp3) is 0.267. The number of hydrogen-bond donors (Lipinski definition) is 3. The average molecular weight is 274 g/mol. The molecule has 0 saturated heterocycles. The smallest absolute Gasteiger partial charge is 0.337 e. The van der Waals surface area contributed by atoms with E-state index in [2.05, 4.69) is 5.32 Å². The number of nitrogens with one attached hydrogen (secondary N) is 1. The van der Waals surface area contributed by atoms with E-state index in [9.17, 15) is 4.79 Å². The zero-order chi connectivity index (χ0) is 14.9. The first-order valence-corrected chi connectivity index (χ1v) is 6.34. The van der Waals surface area contributed by atoms with Crippen molar-refractivity contribution in [1.29, 1.82) is 0 Å². The number of carboxylic acids is 1. The number of carboxylic acid groups (broad SMARTS) is 1. The molecule has 5 heteroatoms. The molecule has 1 unspecified atom stereocenters. The number of benzene rings is 1. The Labute approximate surface area is 117 Å². The summed E-state index contributed by atoms with van der Waals surface area (Å²) in [4.78, 5) is 11.2. The summed E-state index contributed by atoms with van der Waals surface area (Å²) in [5, 5.41) is 12.4. The second kappa shape index (κ2) is 5.28. The topological polar surface area (TPSA) is 88.5 Å². The molecule has 5 nitrogen and oxygen atoms in total. The van der Waals surface area contributed by atoms with Gasteiger partial charge in [0.25, 0.3) is 0 Å². The molecular formula is C15H18N2O3. The summed E-state index contributed by atoms with van der Waals surface area (Å²) in [6.07, 6.45) is 0. The van der Waals surface area contributed by atoms with Gasteiger partial charge in [-0.1, -0.05) is 0 Å². The maximum atomic E-state index is 11.2. The molecule has 1 aromatic heterocycles. The van der Waals surface area contributed by atoms with Gasteiger partial charge in [-0.3, -0.25) is 0 Å². The van der Waals surface area contributed by atoms with Crippen LogP contribution in [-0.4, -0.2) is 11.1 Å². The maximum absolute atomic E-state index is 11.2. The maximum Gasteiger partial charge on any atom is 0.337 e. The summed E-state index contributed by atoms with van der Waals surface area (Å²) in [6, 6.07) is 7.10. The lowest BCUT2D eigenvalue weighted by atomic mass is 10.1. The normalized spacial score (nSPS) is 12.2. The third kappa shape index (κ3) is 2.77. The van der Waals surface area contributed by atoms with Crippen molar-refractivity contribution in [2.75, 3.05) is 11.1 Å². The summed E-state index contributed by atoms with van der Waals surface area (Å²) < 4.78 is 5.55. The molecule has 1 atom stereocenters. The van der Waals surface area contributed by atoms with E-state index in [1.165, 1.54) is 6.07 Å². The van der Waals surface area contributed by atoms with E-state index >= 15 is 0 Å². The van der Waals surface area contributed by atoms with E-state index in [0.29, 0.717) is 11.4 Å². The summed E-state index contributed by atoms with van der Waals surface area (Å²) in [5.74, 6) is 0.609. The number of nitrogens with two attached hydrogens (primary N) is 1. The second-order valence-corrected chi connectivity index (χ2v) is 4.87. The standard InChI is InChI=1S/C15H18N2O3/c1-8-6-11(7-12(14(8)16)15(18)19)17-10(3)13-5-4-9(2)20-13/h4-7,10,17H,16H2,1-3H3,(H,18,19). The predicted octanol–water partition coefficient (Wildman–Crippen LogP) is 3.35. The minimum Gasteiger partial charge on any atom is -0.478 e. The van der Waals surface area contributed by atoms with Gasteiger partial charge in [0.15, 0.2) is 0 Å². The molecule has 0 aliphatic carbocycles. The number of rotatable bonds is 4. The van der Waals surface area contributed by atoms with Crippen molar-refractivity contribution >= 4 is 17.3 Å². The van der Waals surface area contributed by atoms with E-state index in [1.807, 2.05) is 32.0 Å². The largest absolute Gasteiger partial charge is 0.478 e. The lowest BCUT2D eigenvalue weighted by molar-refractivity contribution is 0.0698. The van der Waals surface area contributed by atoms with Crippen LogP contribution in [0.3, 0.4) is 0 Å². The summed E-state index contributed by atoms with van der Waals surface area (Å²) >= 11 is 0. The Morgan fingerprint density at radius 3 is 2.60 bits per heavy atom. The van der Waals surface area contributed by atoms with E-state index in [1.54, 1.807) is 6.92 Å². The minimum atomic E-state index is -1.03. The Bertz CT molecular complexity index is 647. The molecule has 2 aromatic rings. The van der Waals surface area contributed by atoms with Crippen molar-refractivity contribution in [1.82, 2.24) is 0 Å². The highest BCUT2D eigenvalue weighted by molar-refractivity contribution is 5.95. The van der Waals surface area contributed by atoms with Crippen LogP contribution in [0.15, 0.2) is 28.7 Å². The molecule has 0 radical (unpaired) electrons. The first-order chi connectivity index (χ1) is 9.38. The van der Waals surface area contributed by atoms with Gasteiger partial charge in [-0.15, -0.1) is 0 Å². The predicted molar refractivity (Wildman–Crippen MR) is 78.0 cm³/mol. The molecule has 0 fully saturated rings. The fourth-order valence-electron chi connectivity index (χ4n) is 2.07. The first-order valence-electron chi connectivity index (χ1n) is 6.34. The van der Waals surface area contributed by atoms with Crippen molar-refractivity contribution in [2.45, 2.75) is 26.8 Å². The van der Waals surface area contributed by atoms with Gasteiger partial charge in [0, 0.05) is 11.4 Å². The second-order valence-electron chi connectivity index (χ2n) is 4.87. The Balaban J connectivity index is 2.27. The zero-order valence-corrected chi connectivity index (χ0v) is 11.7. The number of aromatic carboxylic acids is 1. The average Bonchev–Trinajstić information content (AvgIpc) is 2.80. The lowest BCUT2D eigenvalue weighted by Crippen LogP contribution is -2.09. The molecule has 1 aromatic carbocycles. The van der Waals surface area contributed by atoms with Crippen LogP contribution >= 0.6 is 0 Å². The van der Waals surface area contributed by atoms with E-state index in [4.69, 9.17) is 15.3 Å². The Hall–Kier alpha value is -2.43. The van der Waals surface area contributed by atoms with Gasteiger partial charge in [-0.2, -0.15) is 0 Å². The fourth-order valence-corrected chi connectivity index (χ4v) is 2.07. The number of furan rings is 1. The van der Waals surface area contributed by atoms with Gasteiger partial charge in [0.1, 0.15) is 11.5 Å². The zero-order valence-electron chi connectivity index (χ0n) is 11.7. The van der Waals surface area contributed by atoms with Crippen LogP contribution in [0.25, 0.3) is 0 Å². The van der Waals surface area contributed by atoms with Crippen LogP contribution in [0.2, 0.25) is 0 Å². The summed E-state index contributed by atoms with van der Waals surface area (Å²) in [6.45, 7) is 5.62. The molecule has 106 valence electrons. The number of nitrogen functional groups attached to an aromatic ring is 1. The van der Waals surface area contributed by atoms with Crippen molar-refractivity contribution in [2.24, 2.45) is 0 Å². The molecule has 0 aliphatic rings. The Morgan fingerprint density at radius 2 is 2.05 bits per heavy atom.